The summed E-state index contributed by atoms with van der Waals surface area (Å²) in [5.74, 6) is -0.0953. The molecule has 1 amide bonds. The molecule has 130 valence electrons. The summed E-state index contributed by atoms with van der Waals surface area (Å²) in [5.41, 5.74) is 1.68. The van der Waals surface area contributed by atoms with E-state index in [-0.39, 0.29) is 23.5 Å². The fourth-order valence-corrected chi connectivity index (χ4v) is 2.58. The van der Waals surface area contributed by atoms with Crippen LogP contribution in [0.5, 0.6) is 0 Å². The van der Waals surface area contributed by atoms with Gasteiger partial charge >= 0.3 is 7.12 Å². The quantitative estimate of drug-likeness (QED) is 0.871. The predicted molar refractivity (Wildman–Crippen MR) is 98.7 cm³/mol. The lowest BCUT2D eigenvalue weighted by molar-refractivity contribution is -0.115. The first-order chi connectivity index (χ1) is 11.8. The molecular weight excluding hydrogens is 315 g/mol. The van der Waals surface area contributed by atoms with Gasteiger partial charge in [0.25, 0.3) is 0 Å². The number of amides is 1. The van der Waals surface area contributed by atoms with E-state index in [1.54, 1.807) is 6.20 Å². The summed E-state index contributed by atoms with van der Waals surface area (Å²) in [5, 5.41) is 2.88. The number of carbonyl (C=O) groups is 1. The van der Waals surface area contributed by atoms with E-state index >= 15 is 0 Å². The van der Waals surface area contributed by atoms with Crippen molar-refractivity contribution in [3.8, 4) is 0 Å². The van der Waals surface area contributed by atoms with E-state index in [0.29, 0.717) is 0 Å². The van der Waals surface area contributed by atoms with Crippen LogP contribution in [0.3, 0.4) is 0 Å². The van der Waals surface area contributed by atoms with Gasteiger partial charge in [0.1, 0.15) is 0 Å². The van der Waals surface area contributed by atoms with Gasteiger partial charge in [-0.15, -0.1) is 0 Å². The Labute approximate surface area is 148 Å². The van der Waals surface area contributed by atoms with Crippen molar-refractivity contribution in [3.05, 3.63) is 54.4 Å². The number of benzene rings is 1. The molecular formula is C19H23BN2O3. The van der Waals surface area contributed by atoms with Crippen LogP contribution < -0.4 is 10.8 Å². The lowest BCUT2D eigenvalue weighted by atomic mass is 9.79. The third-order valence-corrected chi connectivity index (χ3v) is 4.79. The predicted octanol–water partition coefficient (Wildman–Crippen LogP) is 2.56. The van der Waals surface area contributed by atoms with Gasteiger partial charge < -0.3 is 14.6 Å². The molecule has 2 heterocycles. The number of rotatable bonds is 4. The lowest BCUT2D eigenvalue weighted by Gasteiger charge is -2.32. The van der Waals surface area contributed by atoms with Crippen LogP contribution >= 0.6 is 0 Å². The average molecular weight is 338 g/mol. The van der Waals surface area contributed by atoms with Gasteiger partial charge in [0.2, 0.25) is 5.91 Å². The second kappa shape index (κ2) is 6.62. The van der Waals surface area contributed by atoms with E-state index in [2.05, 4.69) is 10.3 Å². The maximum absolute atomic E-state index is 12.1. The highest BCUT2D eigenvalue weighted by Gasteiger charge is 2.51. The summed E-state index contributed by atoms with van der Waals surface area (Å²) in [6, 6.07) is 13.1. The molecule has 1 saturated heterocycles. The Bertz CT molecular complexity index is 729. The molecule has 1 N–H and O–H groups in total. The maximum Gasteiger partial charge on any atom is 0.494 e. The van der Waals surface area contributed by atoms with E-state index in [1.165, 1.54) is 0 Å². The standard InChI is InChI=1S/C19H23BN2O3/c1-18(2)19(3,4)25-20(24-18)14-8-10-15(11-9-14)22-17(23)13-16-7-5-6-12-21-16/h5-12H,13H2,1-4H3,(H,22,23). The van der Waals surface area contributed by atoms with Crippen molar-refractivity contribution in [1.82, 2.24) is 4.98 Å². The van der Waals surface area contributed by atoms with Crippen molar-refractivity contribution in [1.29, 1.82) is 0 Å². The highest BCUT2D eigenvalue weighted by molar-refractivity contribution is 6.62. The Morgan fingerprint density at radius 3 is 2.24 bits per heavy atom. The van der Waals surface area contributed by atoms with Crippen molar-refractivity contribution in [2.45, 2.75) is 45.3 Å². The molecule has 1 aromatic carbocycles. The number of carbonyl (C=O) groups excluding carboxylic acids is 1. The second-order valence-electron chi connectivity index (χ2n) is 7.26. The number of nitrogens with zero attached hydrogens (tertiary/aromatic N) is 1. The Morgan fingerprint density at radius 2 is 1.68 bits per heavy atom. The first kappa shape index (κ1) is 17.6. The molecule has 0 aliphatic carbocycles. The van der Waals surface area contributed by atoms with Crippen LogP contribution in [0.4, 0.5) is 5.69 Å². The smallest absolute Gasteiger partial charge is 0.399 e. The molecule has 1 aliphatic heterocycles. The zero-order valence-corrected chi connectivity index (χ0v) is 15.1. The van der Waals surface area contributed by atoms with Crippen LogP contribution in [0.1, 0.15) is 33.4 Å². The molecule has 0 radical (unpaired) electrons. The Balaban J connectivity index is 1.62. The largest absolute Gasteiger partial charge is 0.494 e. The molecule has 5 nitrogen and oxygen atoms in total. The number of pyridine rings is 1. The number of hydrogen-bond acceptors (Lipinski definition) is 4. The van der Waals surface area contributed by atoms with Crippen LogP contribution in [0.2, 0.25) is 0 Å². The average Bonchev–Trinajstić information content (AvgIpc) is 2.77. The molecule has 1 aromatic heterocycles. The molecule has 0 saturated carbocycles. The third-order valence-electron chi connectivity index (χ3n) is 4.79. The fourth-order valence-electron chi connectivity index (χ4n) is 2.58. The molecule has 2 aromatic rings. The molecule has 25 heavy (non-hydrogen) atoms. The maximum atomic E-state index is 12.1. The van der Waals surface area contributed by atoms with Gasteiger partial charge in [-0.1, -0.05) is 18.2 Å². The molecule has 1 fully saturated rings. The van der Waals surface area contributed by atoms with E-state index in [1.807, 2.05) is 70.2 Å². The molecule has 0 spiro atoms. The van der Waals surface area contributed by atoms with Gasteiger partial charge in [0.05, 0.1) is 17.6 Å². The second-order valence-corrected chi connectivity index (χ2v) is 7.26. The molecule has 6 heteroatoms. The van der Waals surface area contributed by atoms with E-state index in [0.717, 1.165) is 16.8 Å². The molecule has 0 unspecified atom stereocenters. The van der Waals surface area contributed by atoms with E-state index < -0.39 is 7.12 Å². The number of aromatic nitrogens is 1. The fraction of sp³-hybridized carbons (Fsp3) is 0.368. The molecule has 3 rings (SSSR count). The van der Waals surface area contributed by atoms with Crippen molar-refractivity contribution in [3.63, 3.8) is 0 Å². The van der Waals surface area contributed by atoms with E-state index in [9.17, 15) is 4.79 Å². The van der Waals surface area contributed by atoms with Gasteiger partial charge in [-0.05, 0) is 57.4 Å². The Morgan fingerprint density at radius 1 is 1.04 bits per heavy atom. The normalized spacial score (nSPS) is 18.2. The minimum absolute atomic E-state index is 0.0953. The monoisotopic (exact) mass is 338 g/mol. The third kappa shape index (κ3) is 3.91. The summed E-state index contributed by atoms with van der Waals surface area (Å²) in [7, 11) is -0.400. The van der Waals surface area contributed by atoms with Crippen molar-refractivity contribution in [2.75, 3.05) is 5.32 Å². The highest BCUT2D eigenvalue weighted by atomic mass is 16.7. The number of anilines is 1. The molecule has 0 atom stereocenters. The summed E-state index contributed by atoms with van der Waals surface area (Å²) < 4.78 is 12.1. The minimum Gasteiger partial charge on any atom is -0.399 e. The summed E-state index contributed by atoms with van der Waals surface area (Å²) in [6.45, 7) is 8.11. The SMILES string of the molecule is CC1(C)OB(c2ccc(NC(=O)Cc3ccccn3)cc2)OC1(C)C. The zero-order chi connectivity index (χ0) is 18.1. The lowest BCUT2D eigenvalue weighted by Crippen LogP contribution is -2.41. The van der Waals surface area contributed by atoms with Crippen LogP contribution in [-0.2, 0) is 20.5 Å². The van der Waals surface area contributed by atoms with Gasteiger partial charge in [0, 0.05) is 17.6 Å². The van der Waals surface area contributed by atoms with E-state index in [4.69, 9.17) is 9.31 Å². The summed E-state index contributed by atoms with van der Waals surface area (Å²) in [4.78, 5) is 16.3. The van der Waals surface area contributed by atoms with Gasteiger partial charge in [-0.25, -0.2) is 0 Å². The number of hydrogen-bond donors (Lipinski definition) is 1. The first-order valence-electron chi connectivity index (χ1n) is 8.42. The summed E-state index contributed by atoms with van der Waals surface area (Å²) >= 11 is 0. The van der Waals surface area contributed by atoms with Crippen molar-refractivity contribution >= 4 is 24.2 Å². The van der Waals surface area contributed by atoms with Gasteiger partial charge in [0.15, 0.2) is 0 Å². The topological polar surface area (TPSA) is 60.5 Å². The van der Waals surface area contributed by atoms with Gasteiger partial charge in [-0.2, -0.15) is 0 Å². The van der Waals surface area contributed by atoms with Crippen molar-refractivity contribution < 1.29 is 14.1 Å². The molecule has 1 aliphatic rings. The Kier molecular flexibility index (Phi) is 4.67. The number of nitrogens with one attached hydrogen (secondary N) is 1. The van der Waals surface area contributed by atoms with Crippen LogP contribution in [0, 0.1) is 0 Å². The van der Waals surface area contributed by atoms with Crippen LogP contribution in [0.15, 0.2) is 48.7 Å². The first-order valence-corrected chi connectivity index (χ1v) is 8.42. The van der Waals surface area contributed by atoms with Crippen LogP contribution in [-0.4, -0.2) is 29.2 Å². The Hall–Kier alpha value is -2.18. The van der Waals surface area contributed by atoms with Gasteiger partial charge in [-0.3, -0.25) is 9.78 Å². The summed E-state index contributed by atoms with van der Waals surface area (Å²) in [6.07, 6.45) is 1.93. The van der Waals surface area contributed by atoms with Crippen LogP contribution in [0.25, 0.3) is 0 Å². The zero-order valence-electron chi connectivity index (χ0n) is 15.1. The molecule has 0 bridgehead atoms. The minimum atomic E-state index is -0.400. The highest BCUT2D eigenvalue weighted by Crippen LogP contribution is 2.36. The van der Waals surface area contributed by atoms with Crippen molar-refractivity contribution in [2.24, 2.45) is 0 Å².